The summed E-state index contributed by atoms with van der Waals surface area (Å²) in [6.07, 6.45) is 0.349. The number of aryl methyl sites for hydroxylation is 1. The fraction of sp³-hybridized carbons (Fsp3) is 0.235. The lowest BCUT2D eigenvalue weighted by Gasteiger charge is -2.21. The predicted molar refractivity (Wildman–Crippen MR) is 94.0 cm³/mol. The number of rotatable bonds is 3. The zero-order valence-electron chi connectivity index (χ0n) is 13.7. The highest BCUT2D eigenvalue weighted by molar-refractivity contribution is 7.93. The summed E-state index contributed by atoms with van der Waals surface area (Å²) in [5, 5.41) is 0.454. The molecule has 0 N–H and O–H groups in total. The van der Waals surface area contributed by atoms with Crippen LogP contribution in [0.2, 0.25) is 5.02 Å². The first-order valence-electron chi connectivity index (χ1n) is 7.47. The molecule has 2 aromatic carbocycles. The quantitative estimate of drug-likeness (QED) is 0.817. The SMILES string of the molecule is COc1cc2c(cc1OC)S(=O)(=O)N(c1ccc(Cl)cc1)C(=O)CC2. The van der Waals surface area contributed by atoms with E-state index in [2.05, 4.69) is 0 Å². The van der Waals surface area contributed by atoms with Gasteiger partial charge in [0.1, 0.15) is 0 Å². The first kappa shape index (κ1) is 17.6. The molecule has 0 aliphatic carbocycles. The molecule has 1 aliphatic heterocycles. The van der Waals surface area contributed by atoms with Gasteiger partial charge in [-0.2, -0.15) is 0 Å². The number of halogens is 1. The molecule has 1 amide bonds. The summed E-state index contributed by atoms with van der Waals surface area (Å²) in [6.45, 7) is 0. The van der Waals surface area contributed by atoms with Crippen LogP contribution in [0.4, 0.5) is 5.69 Å². The van der Waals surface area contributed by atoms with Gasteiger partial charge in [-0.15, -0.1) is 0 Å². The number of methoxy groups -OCH3 is 2. The molecular formula is C17H16ClNO5S. The highest BCUT2D eigenvalue weighted by atomic mass is 35.5. The lowest BCUT2D eigenvalue weighted by atomic mass is 10.1. The number of hydrogen-bond acceptors (Lipinski definition) is 5. The van der Waals surface area contributed by atoms with Gasteiger partial charge in [-0.05, 0) is 42.3 Å². The van der Waals surface area contributed by atoms with Gasteiger partial charge in [-0.3, -0.25) is 4.79 Å². The van der Waals surface area contributed by atoms with Gasteiger partial charge in [0.15, 0.2) is 11.5 Å². The molecule has 3 rings (SSSR count). The van der Waals surface area contributed by atoms with Crippen LogP contribution >= 0.6 is 11.6 Å². The largest absolute Gasteiger partial charge is 0.493 e. The zero-order valence-corrected chi connectivity index (χ0v) is 15.2. The minimum absolute atomic E-state index is 0.0333. The van der Waals surface area contributed by atoms with Crippen molar-refractivity contribution in [2.45, 2.75) is 17.7 Å². The maximum atomic E-state index is 13.2. The standard InChI is InChI=1S/C17H16ClNO5S/c1-23-14-9-11-3-8-17(20)19(13-6-4-12(18)5-7-13)25(21,22)16(11)10-15(14)24-2/h4-7,9-10H,3,8H2,1-2H3. The monoisotopic (exact) mass is 381 g/mol. The van der Waals surface area contributed by atoms with Crippen molar-refractivity contribution in [1.29, 1.82) is 0 Å². The Kier molecular flexibility index (Phi) is 4.62. The van der Waals surface area contributed by atoms with E-state index < -0.39 is 15.9 Å². The van der Waals surface area contributed by atoms with Crippen molar-refractivity contribution in [3.05, 3.63) is 47.0 Å². The molecule has 132 valence electrons. The Balaban J connectivity index is 2.21. The molecule has 8 heteroatoms. The third-order valence-corrected chi connectivity index (χ3v) is 6.06. The van der Waals surface area contributed by atoms with Gasteiger partial charge in [0.2, 0.25) is 5.91 Å². The van der Waals surface area contributed by atoms with E-state index in [9.17, 15) is 13.2 Å². The number of carbonyl (C=O) groups excluding carboxylic acids is 1. The third-order valence-electron chi connectivity index (χ3n) is 3.98. The Bertz CT molecular complexity index is 925. The van der Waals surface area contributed by atoms with E-state index in [0.717, 1.165) is 4.31 Å². The van der Waals surface area contributed by atoms with Crippen molar-refractivity contribution < 1.29 is 22.7 Å². The summed E-state index contributed by atoms with van der Waals surface area (Å²) in [5.74, 6) is 0.204. The van der Waals surface area contributed by atoms with Gasteiger partial charge < -0.3 is 9.47 Å². The highest BCUT2D eigenvalue weighted by Gasteiger charge is 2.36. The van der Waals surface area contributed by atoms with Crippen molar-refractivity contribution in [2.75, 3.05) is 18.5 Å². The van der Waals surface area contributed by atoms with E-state index in [4.69, 9.17) is 21.1 Å². The molecule has 6 nitrogen and oxygen atoms in total. The van der Waals surface area contributed by atoms with E-state index in [1.807, 2.05) is 0 Å². The van der Waals surface area contributed by atoms with Gasteiger partial charge in [-0.25, -0.2) is 12.7 Å². The van der Waals surface area contributed by atoms with Crippen molar-refractivity contribution in [1.82, 2.24) is 0 Å². The first-order valence-corrected chi connectivity index (χ1v) is 9.29. The highest BCUT2D eigenvalue weighted by Crippen LogP contribution is 2.38. The fourth-order valence-electron chi connectivity index (χ4n) is 2.77. The van der Waals surface area contributed by atoms with Gasteiger partial charge in [0.05, 0.1) is 24.8 Å². The third kappa shape index (κ3) is 3.05. The van der Waals surface area contributed by atoms with E-state index in [1.165, 1.54) is 32.4 Å². The normalized spacial score (nSPS) is 16.1. The minimum Gasteiger partial charge on any atom is -0.493 e. The Labute approximate surface area is 151 Å². The zero-order chi connectivity index (χ0) is 18.2. The molecule has 0 bridgehead atoms. The van der Waals surface area contributed by atoms with Crippen LogP contribution in [-0.4, -0.2) is 28.5 Å². The molecule has 0 atom stereocenters. The number of carbonyl (C=O) groups is 1. The molecule has 0 aromatic heterocycles. The molecule has 1 heterocycles. The van der Waals surface area contributed by atoms with Crippen molar-refractivity contribution in [3.8, 4) is 11.5 Å². The maximum Gasteiger partial charge on any atom is 0.271 e. The van der Waals surface area contributed by atoms with Crippen LogP contribution in [-0.2, 0) is 21.2 Å². The second kappa shape index (κ2) is 6.57. The maximum absolute atomic E-state index is 13.2. The molecule has 25 heavy (non-hydrogen) atoms. The number of amides is 1. The van der Waals surface area contributed by atoms with Crippen LogP contribution in [0.5, 0.6) is 11.5 Å². The average molecular weight is 382 g/mol. The van der Waals surface area contributed by atoms with Gasteiger partial charge >= 0.3 is 0 Å². The smallest absolute Gasteiger partial charge is 0.271 e. The molecule has 0 fully saturated rings. The Morgan fingerprint density at radius 3 is 2.20 bits per heavy atom. The summed E-state index contributed by atoms with van der Waals surface area (Å²) in [5.41, 5.74) is 0.763. The van der Waals surface area contributed by atoms with Crippen LogP contribution in [0.3, 0.4) is 0 Å². The van der Waals surface area contributed by atoms with Crippen molar-refractivity contribution in [2.24, 2.45) is 0 Å². The fourth-order valence-corrected chi connectivity index (χ4v) is 4.60. The number of benzene rings is 2. The molecular weight excluding hydrogens is 366 g/mol. The Morgan fingerprint density at radius 1 is 1.00 bits per heavy atom. The second-order valence-electron chi connectivity index (χ2n) is 5.45. The van der Waals surface area contributed by atoms with Crippen LogP contribution in [0.1, 0.15) is 12.0 Å². The van der Waals surface area contributed by atoms with Crippen LogP contribution in [0.15, 0.2) is 41.3 Å². The van der Waals surface area contributed by atoms with Crippen molar-refractivity contribution >= 4 is 33.2 Å². The summed E-state index contributed by atoms with van der Waals surface area (Å²) in [7, 11) is -1.19. The molecule has 1 aliphatic rings. The molecule has 0 radical (unpaired) electrons. The first-order chi connectivity index (χ1) is 11.9. The number of anilines is 1. The lowest BCUT2D eigenvalue weighted by Crippen LogP contribution is -2.35. The van der Waals surface area contributed by atoms with E-state index in [1.54, 1.807) is 18.2 Å². The van der Waals surface area contributed by atoms with Crippen LogP contribution < -0.4 is 13.8 Å². The number of hydrogen-bond donors (Lipinski definition) is 0. The molecule has 0 saturated carbocycles. The lowest BCUT2D eigenvalue weighted by molar-refractivity contribution is -0.117. The van der Waals surface area contributed by atoms with E-state index in [-0.39, 0.29) is 29.2 Å². The minimum atomic E-state index is -4.09. The second-order valence-corrected chi connectivity index (χ2v) is 7.65. The Hall–Kier alpha value is -2.25. The predicted octanol–water partition coefficient (Wildman–Crippen LogP) is 3.03. The summed E-state index contributed by atoms with van der Waals surface area (Å²) < 4.78 is 37.6. The van der Waals surface area contributed by atoms with Crippen LogP contribution in [0.25, 0.3) is 0 Å². The van der Waals surface area contributed by atoms with Crippen LogP contribution in [0, 0.1) is 0 Å². The van der Waals surface area contributed by atoms with Crippen molar-refractivity contribution in [3.63, 3.8) is 0 Å². The molecule has 2 aromatic rings. The summed E-state index contributed by atoms with van der Waals surface area (Å²) in [4.78, 5) is 12.6. The summed E-state index contributed by atoms with van der Waals surface area (Å²) >= 11 is 5.86. The van der Waals surface area contributed by atoms with Gasteiger partial charge in [-0.1, -0.05) is 11.6 Å². The Morgan fingerprint density at radius 2 is 1.60 bits per heavy atom. The van der Waals surface area contributed by atoms with E-state index in [0.29, 0.717) is 16.3 Å². The summed E-state index contributed by atoms with van der Waals surface area (Å²) in [6, 6.07) is 9.09. The molecule has 0 unspecified atom stereocenters. The number of fused-ring (bicyclic) bond motifs is 1. The molecule has 0 spiro atoms. The van der Waals surface area contributed by atoms with Gasteiger partial charge in [0, 0.05) is 17.5 Å². The molecule has 0 saturated heterocycles. The number of sulfonamides is 1. The number of nitrogens with zero attached hydrogens (tertiary/aromatic N) is 1. The number of ether oxygens (including phenoxy) is 2. The average Bonchev–Trinajstić information content (AvgIpc) is 2.69. The van der Waals surface area contributed by atoms with E-state index >= 15 is 0 Å². The van der Waals surface area contributed by atoms with Gasteiger partial charge in [0.25, 0.3) is 10.0 Å². The topological polar surface area (TPSA) is 72.9 Å².